The lowest BCUT2D eigenvalue weighted by atomic mass is 10.2. The van der Waals surface area contributed by atoms with Crippen LogP contribution < -0.4 is 5.32 Å². The van der Waals surface area contributed by atoms with Crippen molar-refractivity contribution >= 4 is 28.6 Å². The van der Waals surface area contributed by atoms with Crippen LogP contribution in [0, 0.1) is 20.8 Å². The normalized spacial score (nSPS) is 10.6. The second kappa shape index (κ2) is 5.02. The minimum Gasteiger partial charge on any atom is -0.377 e. The summed E-state index contributed by atoms with van der Waals surface area (Å²) in [4.78, 5) is 9.71. The van der Waals surface area contributed by atoms with Crippen LogP contribution in [0.5, 0.6) is 0 Å². The number of nitrogens with one attached hydrogen (secondary N) is 1. The molecule has 2 aromatic rings. The van der Waals surface area contributed by atoms with Gasteiger partial charge < -0.3 is 5.32 Å². The first kappa shape index (κ1) is 12.3. The van der Waals surface area contributed by atoms with Crippen LogP contribution in [0.1, 0.15) is 21.1 Å². The van der Waals surface area contributed by atoms with E-state index >= 15 is 0 Å². The summed E-state index contributed by atoms with van der Waals surface area (Å²) in [6, 6.07) is 1.94. The Morgan fingerprint density at radius 3 is 2.71 bits per heavy atom. The fourth-order valence-electron chi connectivity index (χ4n) is 1.64. The summed E-state index contributed by atoms with van der Waals surface area (Å²) in [7, 11) is 0. The van der Waals surface area contributed by atoms with E-state index in [2.05, 4.69) is 15.3 Å². The van der Waals surface area contributed by atoms with Crippen LogP contribution in [0.2, 0.25) is 5.15 Å². The summed E-state index contributed by atoms with van der Waals surface area (Å²) in [5.74, 6) is 0. The van der Waals surface area contributed by atoms with Crippen molar-refractivity contribution in [2.75, 3.05) is 5.32 Å². The van der Waals surface area contributed by atoms with Gasteiger partial charge in [-0.05, 0) is 32.4 Å². The molecule has 2 rings (SSSR count). The van der Waals surface area contributed by atoms with Crippen molar-refractivity contribution < 1.29 is 0 Å². The molecule has 0 fully saturated rings. The molecular weight excluding hydrogens is 254 g/mol. The number of pyridine rings is 1. The monoisotopic (exact) mass is 267 g/mol. The summed E-state index contributed by atoms with van der Waals surface area (Å²) in [6.45, 7) is 6.80. The molecule has 0 spiro atoms. The number of aromatic nitrogens is 2. The lowest BCUT2D eigenvalue weighted by molar-refractivity contribution is 1.10. The molecule has 0 aliphatic carbocycles. The Morgan fingerprint density at radius 2 is 2.12 bits per heavy atom. The molecule has 5 heteroatoms. The number of halogens is 1. The van der Waals surface area contributed by atoms with Gasteiger partial charge in [0.05, 0.1) is 22.9 Å². The predicted molar refractivity (Wildman–Crippen MR) is 72.9 cm³/mol. The van der Waals surface area contributed by atoms with E-state index in [4.69, 9.17) is 11.6 Å². The maximum absolute atomic E-state index is 6.05. The van der Waals surface area contributed by atoms with Crippen molar-refractivity contribution in [3.8, 4) is 0 Å². The number of anilines is 1. The molecule has 2 heterocycles. The van der Waals surface area contributed by atoms with Crippen LogP contribution >= 0.6 is 22.9 Å². The molecule has 0 amide bonds. The largest absolute Gasteiger partial charge is 0.377 e. The highest BCUT2D eigenvalue weighted by molar-refractivity contribution is 7.11. The molecule has 2 aromatic heterocycles. The van der Waals surface area contributed by atoms with Gasteiger partial charge in [0, 0.05) is 11.1 Å². The van der Waals surface area contributed by atoms with Gasteiger partial charge in [-0.2, -0.15) is 0 Å². The first-order chi connectivity index (χ1) is 8.08. The summed E-state index contributed by atoms with van der Waals surface area (Å²) in [6.07, 6.45) is 1.71. The Kier molecular flexibility index (Phi) is 3.64. The van der Waals surface area contributed by atoms with E-state index in [9.17, 15) is 0 Å². The average molecular weight is 268 g/mol. The molecule has 0 atom stereocenters. The van der Waals surface area contributed by atoms with E-state index in [0.29, 0.717) is 5.15 Å². The Balaban J connectivity index is 2.15. The van der Waals surface area contributed by atoms with Gasteiger partial charge in [0.1, 0.15) is 0 Å². The van der Waals surface area contributed by atoms with E-state index < -0.39 is 0 Å². The lowest BCUT2D eigenvalue weighted by Gasteiger charge is -2.09. The van der Waals surface area contributed by atoms with Crippen LogP contribution in [-0.4, -0.2) is 9.97 Å². The third-order valence-corrected chi connectivity index (χ3v) is 3.90. The van der Waals surface area contributed by atoms with Gasteiger partial charge >= 0.3 is 0 Å². The maximum atomic E-state index is 6.05. The van der Waals surface area contributed by atoms with Crippen molar-refractivity contribution in [1.29, 1.82) is 0 Å². The van der Waals surface area contributed by atoms with Crippen molar-refractivity contribution in [2.24, 2.45) is 0 Å². The zero-order valence-electron chi connectivity index (χ0n) is 10.0. The predicted octanol–water partition coefficient (Wildman–Crippen LogP) is 3.73. The highest BCUT2D eigenvalue weighted by Crippen LogP contribution is 2.25. The number of rotatable bonds is 3. The maximum Gasteiger partial charge on any atom is 0.152 e. The molecule has 0 unspecified atom stereocenters. The Labute approximate surface area is 110 Å². The second-order valence-electron chi connectivity index (χ2n) is 3.89. The van der Waals surface area contributed by atoms with Gasteiger partial charge in [-0.25, -0.2) is 9.97 Å². The fourth-order valence-corrected chi connectivity index (χ4v) is 2.79. The molecule has 0 aliphatic heterocycles. The molecule has 0 saturated carbocycles. The molecular formula is C12H14ClN3S. The molecule has 0 aromatic carbocycles. The molecule has 0 aliphatic rings. The number of hydrogen-bond donors (Lipinski definition) is 1. The van der Waals surface area contributed by atoms with Crippen molar-refractivity contribution in [3.05, 3.63) is 38.6 Å². The third kappa shape index (κ3) is 2.76. The van der Waals surface area contributed by atoms with E-state index in [1.165, 1.54) is 4.88 Å². The molecule has 0 bridgehead atoms. The van der Waals surface area contributed by atoms with Crippen LogP contribution in [0.25, 0.3) is 0 Å². The summed E-state index contributed by atoms with van der Waals surface area (Å²) >= 11 is 7.76. The Morgan fingerprint density at radius 1 is 1.35 bits per heavy atom. The van der Waals surface area contributed by atoms with Crippen LogP contribution in [0.4, 0.5) is 5.69 Å². The van der Waals surface area contributed by atoms with Crippen LogP contribution in [0.15, 0.2) is 12.3 Å². The van der Waals surface area contributed by atoms with Crippen molar-refractivity contribution in [2.45, 2.75) is 27.3 Å². The number of nitrogens with zero attached hydrogens (tertiary/aromatic N) is 2. The SMILES string of the molecule is Cc1nc(C)c(CNc2c(C)ccnc2Cl)s1. The molecule has 90 valence electrons. The number of hydrogen-bond acceptors (Lipinski definition) is 4. The molecule has 0 saturated heterocycles. The van der Waals surface area contributed by atoms with E-state index in [1.807, 2.05) is 26.8 Å². The van der Waals surface area contributed by atoms with Gasteiger partial charge in [0.15, 0.2) is 5.15 Å². The first-order valence-corrected chi connectivity index (χ1v) is 6.55. The van der Waals surface area contributed by atoms with E-state index in [-0.39, 0.29) is 0 Å². The highest BCUT2D eigenvalue weighted by Gasteiger charge is 2.08. The van der Waals surface area contributed by atoms with Gasteiger partial charge in [-0.1, -0.05) is 11.6 Å². The van der Waals surface area contributed by atoms with Crippen molar-refractivity contribution in [3.63, 3.8) is 0 Å². The fraction of sp³-hybridized carbons (Fsp3) is 0.333. The minimum atomic E-state index is 0.517. The first-order valence-electron chi connectivity index (χ1n) is 5.36. The van der Waals surface area contributed by atoms with Crippen LogP contribution in [0.3, 0.4) is 0 Å². The zero-order chi connectivity index (χ0) is 12.4. The topological polar surface area (TPSA) is 37.8 Å². The summed E-state index contributed by atoms with van der Waals surface area (Å²) < 4.78 is 0. The average Bonchev–Trinajstić information content (AvgIpc) is 2.57. The number of aryl methyl sites for hydroxylation is 3. The zero-order valence-corrected chi connectivity index (χ0v) is 11.6. The van der Waals surface area contributed by atoms with E-state index in [0.717, 1.165) is 28.5 Å². The van der Waals surface area contributed by atoms with Gasteiger partial charge in [-0.15, -0.1) is 11.3 Å². The van der Waals surface area contributed by atoms with Crippen molar-refractivity contribution in [1.82, 2.24) is 9.97 Å². The van der Waals surface area contributed by atoms with Crippen LogP contribution in [-0.2, 0) is 6.54 Å². The Hall–Kier alpha value is -1.13. The second-order valence-corrected chi connectivity index (χ2v) is 5.53. The third-order valence-electron chi connectivity index (χ3n) is 2.54. The van der Waals surface area contributed by atoms with Gasteiger partial charge in [0.25, 0.3) is 0 Å². The van der Waals surface area contributed by atoms with Gasteiger partial charge in [0.2, 0.25) is 0 Å². The Bertz CT molecular complexity index is 516. The minimum absolute atomic E-state index is 0.517. The smallest absolute Gasteiger partial charge is 0.152 e. The summed E-state index contributed by atoms with van der Waals surface area (Å²) in [5.41, 5.74) is 3.08. The quantitative estimate of drug-likeness (QED) is 0.861. The van der Waals surface area contributed by atoms with E-state index in [1.54, 1.807) is 17.5 Å². The standard InChI is InChI=1S/C12H14ClN3S/c1-7-4-5-14-12(13)11(7)15-6-10-8(2)16-9(3)17-10/h4-5,15H,6H2,1-3H3. The molecule has 1 N–H and O–H groups in total. The lowest BCUT2D eigenvalue weighted by Crippen LogP contribution is -2.02. The molecule has 0 radical (unpaired) electrons. The molecule has 3 nitrogen and oxygen atoms in total. The summed E-state index contributed by atoms with van der Waals surface area (Å²) in [5, 5.41) is 4.94. The number of thiazole rings is 1. The highest BCUT2D eigenvalue weighted by atomic mass is 35.5. The van der Waals surface area contributed by atoms with Gasteiger partial charge in [-0.3, -0.25) is 0 Å². The molecule has 17 heavy (non-hydrogen) atoms.